The summed E-state index contributed by atoms with van der Waals surface area (Å²) in [5, 5.41) is 3.79. The summed E-state index contributed by atoms with van der Waals surface area (Å²) in [5.41, 5.74) is 6.73. The highest BCUT2D eigenvalue weighted by Crippen LogP contribution is 2.37. The molecular formula is C20H25ClN4O5. The van der Waals surface area contributed by atoms with Gasteiger partial charge in [0.25, 0.3) is 0 Å². The number of rotatable bonds is 9. The summed E-state index contributed by atoms with van der Waals surface area (Å²) in [6, 6.07) is 8.95. The molecule has 162 valence electrons. The number of benzene rings is 2. The number of ether oxygens (including phenoxy) is 5. The highest BCUT2D eigenvalue weighted by molar-refractivity contribution is 5.91. The van der Waals surface area contributed by atoms with E-state index in [4.69, 9.17) is 29.4 Å². The van der Waals surface area contributed by atoms with Crippen LogP contribution in [0, 0.1) is 0 Å². The summed E-state index contributed by atoms with van der Waals surface area (Å²) < 4.78 is 27.1. The minimum absolute atomic E-state index is 0. The molecule has 0 atom stereocenters. The molecule has 0 saturated carbocycles. The van der Waals surface area contributed by atoms with E-state index in [1.807, 2.05) is 6.07 Å². The lowest BCUT2D eigenvalue weighted by atomic mass is 10.2. The smallest absolute Gasteiger partial charge is 0.225 e. The molecule has 10 heteroatoms. The van der Waals surface area contributed by atoms with Gasteiger partial charge in [-0.1, -0.05) is 6.07 Å². The van der Waals surface area contributed by atoms with E-state index >= 15 is 0 Å². The second-order valence-corrected chi connectivity index (χ2v) is 5.92. The van der Waals surface area contributed by atoms with E-state index in [9.17, 15) is 0 Å². The van der Waals surface area contributed by atoms with E-state index in [0.717, 1.165) is 0 Å². The van der Waals surface area contributed by atoms with Crippen LogP contribution in [0.3, 0.4) is 0 Å². The van der Waals surface area contributed by atoms with Crippen LogP contribution in [0.4, 0.5) is 11.8 Å². The van der Waals surface area contributed by atoms with Crippen LogP contribution >= 0.6 is 12.4 Å². The number of nitrogens with zero attached hydrogens (tertiary/aromatic N) is 2. The number of para-hydroxylation sites is 1. The van der Waals surface area contributed by atoms with E-state index in [2.05, 4.69) is 15.3 Å². The molecular weight excluding hydrogens is 412 g/mol. The normalized spacial score (nSPS) is 10.1. The lowest BCUT2D eigenvalue weighted by Gasteiger charge is -2.14. The molecule has 0 aliphatic heterocycles. The molecule has 0 amide bonds. The first-order chi connectivity index (χ1) is 14.1. The Balaban J connectivity index is 0.00000320. The van der Waals surface area contributed by atoms with Crippen molar-refractivity contribution in [3.05, 3.63) is 30.3 Å². The van der Waals surface area contributed by atoms with Gasteiger partial charge in [0.15, 0.2) is 23.0 Å². The number of nitrogens with two attached hydrogens (primary N) is 1. The first-order valence-electron chi connectivity index (χ1n) is 8.88. The molecule has 1 heterocycles. The van der Waals surface area contributed by atoms with Gasteiger partial charge >= 0.3 is 0 Å². The summed E-state index contributed by atoms with van der Waals surface area (Å²) in [6.45, 7) is 0.781. The average Bonchev–Trinajstić information content (AvgIpc) is 2.75. The minimum Gasteiger partial charge on any atom is -0.493 e. The molecule has 30 heavy (non-hydrogen) atoms. The first-order valence-corrected chi connectivity index (χ1v) is 8.88. The van der Waals surface area contributed by atoms with Gasteiger partial charge in [0, 0.05) is 11.5 Å². The van der Waals surface area contributed by atoms with Crippen LogP contribution in [0.2, 0.25) is 0 Å². The second-order valence-electron chi connectivity index (χ2n) is 5.92. The molecule has 0 unspecified atom stereocenters. The largest absolute Gasteiger partial charge is 0.493 e. The number of nitrogen functional groups attached to an aromatic ring is 1. The number of fused-ring (bicyclic) bond motifs is 1. The zero-order valence-corrected chi connectivity index (χ0v) is 18.0. The average molecular weight is 437 g/mol. The maximum atomic E-state index is 6.09. The van der Waals surface area contributed by atoms with Gasteiger partial charge in [-0.2, -0.15) is 4.98 Å². The van der Waals surface area contributed by atoms with Gasteiger partial charge in [-0.3, -0.25) is 0 Å². The number of anilines is 2. The van der Waals surface area contributed by atoms with E-state index in [1.165, 1.54) is 0 Å². The number of hydrogen-bond donors (Lipinski definition) is 2. The summed E-state index contributed by atoms with van der Waals surface area (Å²) in [6.07, 6.45) is 0. The fraction of sp³-hybridized carbons (Fsp3) is 0.300. The van der Waals surface area contributed by atoms with Gasteiger partial charge in [-0.25, -0.2) is 4.98 Å². The van der Waals surface area contributed by atoms with E-state index in [1.54, 1.807) is 52.7 Å². The van der Waals surface area contributed by atoms with Gasteiger partial charge in [0.2, 0.25) is 11.7 Å². The van der Waals surface area contributed by atoms with Crippen LogP contribution in [0.15, 0.2) is 30.3 Å². The highest BCUT2D eigenvalue weighted by atomic mass is 35.5. The Morgan fingerprint density at radius 1 is 0.867 bits per heavy atom. The Morgan fingerprint density at radius 3 is 2.07 bits per heavy atom. The van der Waals surface area contributed by atoms with Crippen LogP contribution in [0.1, 0.15) is 0 Å². The fourth-order valence-corrected chi connectivity index (χ4v) is 2.83. The number of nitrogens with one attached hydrogen (secondary N) is 1. The molecule has 0 radical (unpaired) electrons. The summed E-state index contributed by atoms with van der Waals surface area (Å²) >= 11 is 0. The number of halogens is 1. The molecule has 0 spiro atoms. The van der Waals surface area contributed by atoms with E-state index in [-0.39, 0.29) is 12.4 Å². The Labute approximate surface area is 180 Å². The molecule has 0 aliphatic rings. The van der Waals surface area contributed by atoms with Crippen molar-refractivity contribution >= 4 is 35.1 Å². The molecule has 0 bridgehead atoms. The van der Waals surface area contributed by atoms with Crippen molar-refractivity contribution in [2.24, 2.45) is 0 Å². The monoisotopic (exact) mass is 436 g/mol. The Bertz CT molecular complexity index is 980. The van der Waals surface area contributed by atoms with Crippen molar-refractivity contribution in [1.29, 1.82) is 0 Å². The SMILES string of the molecule is COc1cc2nc(NCCOc3c(OC)cccc3OC)nc(N)c2cc1OC.Cl. The van der Waals surface area contributed by atoms with Crippen LogP contribution in [0.5, 0.6) is 28.7 Å². The van der Waals surface area contributed by atoms with Crippen LogP contribution in [-0.4, -0.2) is 51.6 Å². The molecule has 3 aromatic rings. The van der Waals surface area contributed by atoms with Gasteiger partial charge < -0.3 is 34.7 Å². The maximum Gasteiger partial charge on any atom is 0.225 e. The third kappa shape index (κ3) is 4.80. The van der Waals surface area contributed by atoms with Crippen molar-refractivity contribution in [2.75, 3.05) is 52.6 Å². The van der Waals surface area contributed by atoms with E-state index < -0.39 is 0 Å². The fourth-order valence-electron chi connectivity index (χ4n) is 2.83. The molecule has 1 aromatic heterocycles. The Morgan fingerprint density at radius 2 is 1.47 bits per heavy atom. The van der Waals surface area contributed by atoms with Crippen LogP contribution < -0.4 is 34.7 Å². The molecule has 3 N–H and O–H groups in total. The number of methoxy groups -OCH3 is 4. The first kappa shape index (κ1) is 23.0. The zero-order valence-electron chi connectivity index (χ0n) is 17.2. The topological polar surface area (TPSA) is 110 Å². The Hall–Kier alpha value is -3.33. The maximum absolute atomic E-state index is 6.09. The van der Waals surface area contributed by atoms with Crippen LogP contribution in [0.25, 0.3) is 10.9 Å². The van der Waals surface area contributed by atoms with Crippen molar-refractivity contribution < 1.29 is 23.7 Å². The van der Waals surface area contributed by atoms with Crippen LogP contribution in [-0.2, 0) is 0 Å². The number of hydrogen-bond acceptors (Lipinski definition) is 9. The minimum atomic E-state index is 0. The van der Waals surface area contributed by atoms with Crippen molar-refractivity contribution in [3.63, 3.8) is 0 Å². The second kappa shape index (κ2) is 10.4. The molecule has 9 nitrogen and oxygen atoms in total. The van der Waals surface area contributed by atoms with Crippen molar-refractivity contribution in [3.8, 4) is 28.7 Å². The van der Waals surface area contributed by atoms with Crippen molar-refractivity contribution in [2.45, 2.75) is 0 Å². The van der Waals surface area contributed by atoms with Gasteiger partial charge in [-0.15, -0.1) is 12.4 Å². The lowest BCUT2D eigenvalue weighted by Crippen LogP contribution is -2.14. The molecule has 0 fully saturated rings. The highest BCUT2D eigenvalue weighted by Gasteiger charge is 2.13. The number of aromatic nitrogens is 2. The summed E-state index contributed by atoms with van der Waals surface area (Å²) in [4.78, 5) is 8.79. The molecule has 0 aliphatic carbocycles. The van der Waals surface area contributed by atoms with E-state index in [0.29, 0.717) is 64.6 Å². The quantitative estimate of drug-likeness (QED) is 0.488. The molecule has 2 aromatic carbocycles. The van der Waals surface area contributed by atoms with Crippen molar-refractivity contribution in [1.82, 2.24) is 9.97 Å². The zero-order chi connectivity index (χ0) is 20.8. The molecule has 0 saturated heterocycles. The summed E-state index contributed by atoms with van der Waals surface area (Å²) in [7, 11) is 6.29. The van der Waals surface area contributed by atoms with Gasteiger partial charge in [-0.05, 0) is 18.2 Å². The third-order valence-corrected chi connectivity index (χ3v) is 4.24. The predicted octanol–water partition coefficient (Wildman–Crippen LogP) is 3.16. The van der Waals surface area contributed by atoms with Gasteiger partial charge in [0.1, 0.15) is 12.4 Å². The van der Waals surface area contributed by atoms with Gasteiger partial charge in [0.05, 0.1) is 40.5 Å². The Kier molecular flexibility index (Phi) is 7.99. The third-order valence-electron chi connectivity index (χ3n) is 4.24. The molecule has 3 rings (SSSR count). The summed E-state index contributed by atoms with van der Waals surface area (Å²) in [5.74, 6) is 3.58. The lowest BCUT2D eigenvalue weighted by molar-refractivity contribution is 0.284. The predicted molar refractivity (Wildman–Crippen MR) is 118 cm³/mol. The standard InChI is InChI=1S/C20H24N4O5.ClH/c1-25-14-6-5-7-15(26-2)18(14)29-9-8-22-20-23-13-11-17(28-4)16(27-3)10-12(13)19(21)24-20;/h5-7,10-11H,8-9H2,1-4H3,(H3,21,22,23,24);1H.